The maximum atomic E-state index is 13.3. The molecule has 4 nitrogen and oxygen atoms in total. The Morgan fingerprint density at radius 2 is 2.22 bits per heavy atom. The highest BCUT2D eigenvalue weighted by atomic mass is 35.5. The monoisotopic (exact) mass is 268 g/mol. The maximum absolute atomic E-state index is 13.3. The molecular weight excluding hydrogens is 259 g/mol. The first-order valence-corrected chi connectivity index (χ1v) is 5.56. The van der Waals surface area contributed by atoms with Crippen LogP contribution in [0.3, 0.4) is 0 Å². The third kappa shape index (κ3) is 2.51. The van der Waals surface area contributed by atoms with Gasteiger partial charge in [0, 0.05) is 0 Å². The van der Waals surface area contributed by atoms with Gasteiger partial charge in [-0.2, -0.15) is 5.10 Å². The summed E-state index contributed by atoms with van der Waals surface area (Å²) in [6.07, 6.45) is 1.49. The Kier molecular flexibility index (Phi) is 3.34. The molecule has 0 unspecified atom stereocenters. The third-order valence-corrected chi connectivity index (χ3v) is 2.95. The normalized spacial score (nSPS) is 10.6. The molecule has 2 rings (SSSR count). The average molecular weight is 269 g/mol. The van der Waals surface area contributed by atoms with Crippen LogP contribution in [0.4, 0.5) is 4.39 Å². The molecule has 6 heteroatoms. The zero-order chi connectivity index (χ0) is 13.3. The van der Waals surface area contributed by atoms with Gasteiger partial charge in [0.1, 0.15) is 5.82 Å². The van der Waals surface area contributed by atoms with Crippen molar-refractivity contribution in [2.75, 3.05) is 0 Å². The molecule has 0 aliphatic heterocycles. The lowest BCUT2D eigenvalue weighted by Gasteiger charge is -2.06. The van der Waals surface area contributed by atoms with Crippen molar-refractivity contribution >= 4 is 17.6 Å². The predicted octanol–water partition coefficient (Wildman–Crippen LogP) is 2.73. The highest BCUT2D eigenvalue weighted by Crippen LogP contribution is 2.16. The predicted molar refractivity (Wildman–Crippen MR) is 64.4 cm³/mol. The van der Waals surface area contributed by atoms with E-state index in [2.05, 4.69) is 5.10 Å². The molecule has 18 heavy (non-hydrogen) atoms. The molecule has 1 N–H and O–H groups in total. The number of hydrogen-bond acceptors (Lipinski definition) is 2. The van der Waals surface area contributed by atoms with Crippen LogP contribution in [0.15, 0.2) is 24.4 Å². The van der Waals surface area contributed by atoms with Gasteiger partial charge >= 0.3 is 5.97 Å². The Morgan fingerprint density at radius 1 is 1.50 bits per heavy atom. The number of aromatic carboxylic acids is 1. The van der Waals surface area contributed by atoms with Crippen molar-refractivity contribution in [3.8, 4) is 0 Å². The second-order valence-electron chi connectivity index (χ2n) is 3.89. The van der Waals surface area contributed by atoms with Gasteiger partial charge in [-0.15, -0.1) is 0 Å². The number of nitrogens with zero attached hydrogens (tertiary/aromatic N) is 2. The van der Waals surface area contributed by atoms with Crippen LogP contribution in [-0.2, 0) is 6.54 Å². The van der Waals surface area contributed by atoms with E-state index in [1.807, 2.05) is 0 Å². The molecular formula is C12H10ClFN2O2. The van der Waals surface area contributed by atoms with Crippen molar-refractivity contribution in [2.45, 2.75) is 13.5 Å². The fraction of sp³-hybridized carbons (Fsp3) is 0.167. The van der Waals surface area contributed by atoms with Crippen LogP contribution in [0.1, 0.15) is 21.6 Å². The topological polar surface area (TPSA) is 55.1 Å². The summed E-state index contributed by atoms with van der Waals surface area (Å²) in [5, 5.41) is 13.4. The fourth-order valence-electron chi connectivity index (χ4n) is 1.62. The van der Waals surface area contributed by atoms with Gasteiger partial charge in [-0.05, 0) is 30.7 Å². The lowest BCUT2D eigenvalue weighted by Crippen LogP contribution is -2.06. The van der Waals surface area contributed by atoms with E-state index in [4.69, 9.17) is 16.7 Å². The number of rotatable bonds is 3. The SMILES string of the molecule is Cc1c(Cl)cnn1Cc1cc(F)cc(C(=O)O)c1. The molecule has 0 aliphatic rings. The van der Waals surface area contributed by atoms with Crippen molar-refractivity contribution < 1.29 is 14.3 Å². The maximum Gasteiger partial charge on any atom is 0.335 e. The molecule has 1 heterocycles. The first-order chi connectivity index (χ1) is 8.47. The number of carbonyl (C=O) groups is 1. The van der Waals surface area contributed by atoms with Crippen LogP contribution in [0.25, 0.3) is 0 Å². The van der Waals surface area contributed by atoms with Crippen LogP contribution in [0, 0.1) is 12.7 Å². The van der Waals surface area contributed by atoms with E-state index in [0.29, 0.717) is 10.6 Å². The molecule has 1 aromatic carbocycles. The van der Waals surface area contributed by atoms with E-state index >= 15 is 0 Å². The molecule has 0 fully saturated rings. The number of aromatic nitrogens is 2. The second kappa shape index (κ2) is 4.78. The fourth-order valence-corrected chi connectivity index (χ4v) is 1.76. The van der Waals surface area contributed by atoms with E-state index in [1.165, 1.54) is 18.3 Å². The Balaban J connectivity index is 2.34. The average Bonchev–Trinajstić information content (AvgIpc) is 2.60. The number of halogens is 2. The lowest BCUT2D eigenvalue weighted by atomic mass is 10.1. The molecule has 94 valence electrons. The van der Waals surface area contributed by atoms with Gasteiger partial charge in [-0.25, -0.2) is 9.18 Å². The summed E-state index contributed by atoms with van der Waals surface area (Å²) in [6.45, 7) is 2.06. The molecule has 1 aromatic heterocycles. The quantitative estimate of drug-likeness (QED) is 0.931. The van der Waals surface area contributed by atoms with Gasteiger partial charge in [-0.3, -0.25) is 4.68 Å². The van der Waals surface area contributed by atoms with Gasteiger partial charge in [0.05, 0.1) is 29.0 Å². The minimum absolute atomic E-state index is 0.0825. The Bertz CT molecular complexity index is 610. The molecule has 0 spiro atoms. The molecule has 0 radical (unpaired) electrons. The minimum Gasteiger partial charge on any atom is -0.478 e. The van der Waals surface area contributed by atoms with E-state index in [-0.39, 0.29) is 12.1 Å². The van der Waals surface area contributed by atoms with Gasteiger partial charge in [-0.1, -0.05) is 11.6 Å². The number of benzene rings is 1. The summed E-state index contributed by atoms with van der Waals surface area (Å²) >= 11 is 5.86. The van der Waals surface area contributed by atoms with Crippen LogP contribution in [-0.4, -0.2) is 20.9 Å². The first-order valence-electron chi connectivity index (χ1n) is 5.18. The Hall–Kier alpha value is -1.88. The summed E-state index contributed by atoms with van der Waals surface area (Å²) < 4.78 is 14.9. The molecule has 0 bridgehead atoms. The third-order valence-electron chi connectivity index (χ3n) is 2.58. The molecule has 0 amide bonds. The van der Waals surface area contributed by atoms with Crippen LogP contribution in [0.2, 0.25) is 5.02 Å². The Morgan fingerprint density at radius 3 is 2.78 bits per heavy atom. The molecule has 0 atom stereocenters. The second-order valence-corrected chi connectivity index (χ2v) is 4.30. The van der Waals surface area contributed by atoms with Gasteiger partial charge in [0.15, 0.2) is 0 Å². The number of hydrogen-bond donors (Lipinski definition) is 1. The summed E-state index contributed by atoms with van der Waals surface area (Å²) in [5.74, 6) is -1.74. The smallest absolute Gasteiger partial charge is 0.335 e. The molecule has 2 aromatic rings. The minimum atomic E-state index is -1.16. The summed E-state index contributed by atoms with van der Waals surface area (Å²) in [4.78, 5) is 10.8. The molecule has 0 saturated carbocycles. The molecule has 0 saturated heterocycles. The van der Waals surface area contributed by atoms with Crippen molar-refractivity contribution in [2.24, 2.45) is 0 Å². The van der Waals surface area contributed by atoms with Gasteiger partial charge < -0.3 is 5.11 Å². The van der Waals surface area contributed by atoms with Crippen molar-refractivity contribution in [3.05, 3.63) is 52.1 Å². The van der Waals surface area contributed by atoms with Crippen molar-refractivity contribution in [3.63, 3.8) is 0 Å². The standard InChI is InChI=1S/C12H10ClFN2O2/c1-7-11(13)5-15-16(7)6-8-2-9(12(17)18)4-10(14)3-8/h2-5H,6H2,1H3,(H,17,18). The number of carboxylic acids is 1. The van der Waals surface area contributed by atoms with E-state index in [9.17, 15) is 9.18 Å². The van der Waals surface area contributed by atoms with E-state index in [1.54, 1.807) is 11.6 Å². The largest absolute Gasteiger partial charge is 0.478 e. The number of carboxylic acid groups (broad SMARTS) is 1. The van der Waals surface area contributed by atoms with Gasteiger partial charge in [0.25, 0.3) is 0 Å². The highest BCUT2D eigenvalue weighted by molar-refractivity contribution is 6.31. The van der Waals surface area contributed by atoms with Crippen molar-refractivity contribution in [1.29, 1.82) is 0 Å². The summed E-state index contributed by atoms with van der Waals surface area (Å²) in [5.41, 5.74) is 1.19. The van der Waals surface area contributed by atoms with E-state index < -0.39 is 11.8 Å². The summed E-state index contributed by atoms with van der Waals surface area (Å²) in [7, 11) is 0. The lowest BCUT2D eigenvalue weighted by molar-refractivity contribution is 0.0696. The summed E-state index contributed by atoms with van der Waals surface area (Å²) in [6, 6.07) is 3.68. The zero-order valence-electron chi connectivity index (χ0n) is 9.52. The zero-order valence-corrected chi connectivity index (χ0v) is 10.3. The van der Waals surface area contributed by atoms with Crippen LogP contribution in [0.5, 0.6) is 0 Å². The van der Waals surface area contributed by atoms with Crippen LogP contribution < -0.4 is 0 Å². The van der Waals surface area contributed by atoms with E-state index in [0.717, 1.165) is 11.8 Å². The van der Waals surface area contributed by atoms with Crippen LogP contribution >= 0.6 is 11.6 Å². The van der Waals surface area contributed by atoms with Gasteiger partial charge in [0.2, 0.25) is 0 Å². The highest BCUT2D eigenvalue weighted by Gasteiger charge is 2.09. The van der Waals surface area contributed by atoms with Crippen molar-refractivity contribution in [1.82, 2.24) is 9.78 Å². The molecule has 0 aliphatic carbocycles. The first kappa shape index (κ1) is 12.6. The Labute approximate surface area is 108 Å².